The maximum atomic E-state index is 12.6. The zero-order valence-corrected chi connectivity index (χ0v) is 16.7. The number of ether oxygens (including phenoxy) is 3. The highest BCUT2D eigenvalue weighted by Gasteiger charge is 2.31. The minimum atomic E-state index is -0.687. The lowest BCUT2D eigenvalue weighted by Crippen LogP contribution is -2.15. The maximum absolute atomic E-state index is 12.6. The topological polar surface area (TPSA) is 79.7 Å². The van der Waals surface area contributed by atoms with Crippen LogP contribution in [-0.4, -0.2) is 42.0 Å². The first kappa shape index (κ1) is 20.1. The summed E-state index contributed by atoms with van der Waals surface area (Å²) in [6.45, 7) is 3.88. The van der Waals surface area contributed by atoms with Gasteiger partial charge in [0.1, 0.15) is 17.0 Å². The van der Waals surface area contributed by atoms with Crippen LogP contribution in [0.2, 0.25) is 0 Å². The molecule has 3 rings (SSSR count). The standard InChI is InChI=1S/C22H22N2O5/c1-14(2)29-17-12-10-15(11-13-17)19-18(21(25)27-3)20(22(26)28-4)24(23-19)16-8-6-5-7-9-16/h5-14H,1-4H3. The molecule has 2 aromatic carbocycles. The van der Waals surface area contributed by atoms with Crippen LogP contribution in [-0.2, 0) is 9.47 Å². The quantitative estimate of drug-likeness (QED) is 0.590. The number of rotatable bonds is 6. The van der Waals surface area contributed by atoms with E-state index < -0.39 is 11.9 Å². The van der Waals surface area contributed by atoms with E-state index in [1.807, 2.05) is 32.0 Å². The van der Waals surface area contributed by atoms with Crippen molar-refractivity contribution in [1.82, 2.24) is 9.78 Å². The second-order valence-corrected chi connectivity index (χ2v) is 6.49. The molecule has 1 heterocycles. The van der Waals surface area contributed by atoms with Gasteiger partial charge < -0.3 is 14.2 Å². The summed E-state index contributed by atoms with van der Waals surface area (Å²) in [4.78, 5) is 25.2. The summed E-state index contributed by atoms with van der Waals surface area (Å²) in [5, 5.41) is 4.55. The normalized spacial score (nSPS) is 10.7. The summed E-state index contributed by atoms with van der Waals surface area (Å²) >= 11 is 0. The van der Waals surface area contributed by atoms with E-state index in [0.717, 1.165) is 0 Å². The molecular weight excluding hydrogens is 372 g/mol. The van der Waals surface area contributed by atoms with Crippen molar-refractivity contribution >= 4 is 11.9 Å². The molecule has 0 saturated heterocycles. The van der Waals surface area contributed by atoms with Crippen molar-refractivity contribution < 1.29 is 23.8 Å². The van der Waals surface area contributed by atoms with Crippen LogP contribution < -0.4 is 4.74 Å². The largest absolute Gasteiger partial charge is 0.491 e. The summed E-state index contributed by atoms with van der Waals surface area (Å²) in [6, 6.07) is 16.2. The summed E-state index contributed by atoms with van der Waals surface area (Å²) in [5.74, 6) is -0.670. The summed E-state index contributed by atoms with van der Waals surface area (Å²) < 4.78 is 16.9. The van der Waals surface area contributed by atoms with Gasteiger partial charge in [-0.15, -0.1) is 0 Å². The Morgan fingerprint density at radius 1 is 0.897 bits per heavy atom. The zero-order chi connectivity index (χ0) is 21.0. The molecule has 150 valence electrons. The van der Waals surface area contributed by atoms with Crippen molar-refractivity contribution in [1.29, 1.82) is 0 Å². The van der Waals surface area contributed by atoms with Crippen molar-refractivity contribution in [2.24, 2.45) is 0 Å². The van der Waals surface area contributed by atoms with Gasteiger partial charge in [-0.3, -0.25) is 0 Å². The van der Waals surface area contributed by atoms with Crippen molar-refractivity contribution in [3.8, 4) is 22.7 Å². The van der Waals surface area contributed by atoms with Crippen molar-refractivity contribution in [3.05, 3.63) is 65.9 Å². The van der Waals surface area contributed by atoms with Gasteiger partial charge in [0.15, 0.2) is 5.69 Å². The highest BCUT2D eigenvalue weighted by atomic mass is 16.5. The molecule has 7 nitrogen and oxygen atoms in total. The number of carbonyl (C=O) groups excluding carboxylic acids is 2. The average Bonchev–Trinajstić information content (AvgIpc) is 3.14. The summed E-state index contributed by atoms with van der Waals surface area (Å²) in [5.41, 5.74) is 1.62. The molecule has 0 saturated carbocycles. The molecule has 0 unspecified atom stereocenters. The fourth-order valence-electron chi connectivity index (χ4n) is 2.92. The van der Waals surface area contributed by atoms with E-state index in [9.17, 15) is 9.59 Å². The molecule has 29 heavy (non-hydrogen) atoms. The number of para-hydroxylation sites is 1. The SMILES string of the molecule is COC(=O)c1c(-c2ccc(OC(C)C)cc2)nn(-c2ccccc2)c1C(=O)OC. The lowest BCUT2D eigenvalue weighted by molar-refractivity contribution is 0.0549. The van der Waals surface area contributed by atoms with Crippen LogP contribution in [0, 0.1) is 0 Å². The van der Waals surface area contributed by atoms with Gasteiger partial charge in [0.2, 0.25) is 0 Å². The maximum Gasteiger partial charge on any atom is 0.357 e. The Morgan fingerprint density at radius 2 is 1.52 bits per heavy atom. The van der Waals surface area contributed by atoms with Crippen LogP contribution in [0.3, 0.4) is 0 Å². The predicted molar refractivity (Wildman–Crippen MR) is 107 cm³/mol. The monoisotopic (exact) mass is 394 g/mol. The Bertz CT molecular complexity index is 1010. The molecule has 7 heteroatoms. The lowest BCUT2D eigenvalue weighted by Gasteiger charge is -2.10. The third kappa shape index (κ3) is 4.13. The number of carbonyl (C=O) groups is 2. The second-order valence-electron chi connectivity index (χ2n) is 6.49. The fraction of sp³-hybridized carbons (Fsp3) is 0.227. The van der Waals surface area contributed by atoms with E-state index in [1.54, 1.807) is 36.4 Å². The molecule has 0 aliphatic carbocycles. The van der Waals surface area contributed by atoms with Crippen molar-refractivity contribution in [3.63, 3.8) is 0 Å². The van der Waals surface area contributed by atoms with Gasteiger partial charge in [-0.2, -0.15) is 5.10 Å². The minimum absolute atomic E-state index is 0.00283. The van der Waals surface area contributed by atoms with Gasteiger partial charge in [0.05, 0.1) is 26.0 Å². The predicted octanol–water partition coefficient (Wildman–Crippen LogP) is 3.90. The number of aromatic nitrogens is 2. The molecule has 0 amide bonds. The fourth-order valence-corrected chi connectivity index (χ4v) is 2.92. The highest BCUT2D eigenvalue weighted by molar-refractivity contribution is 6.06. The van der Waals surface area contributed by atoms with E-state index in [1.165, 1.54) is 18.9 Å². The molecule has 0 aliphatic heterocycles. The van der Waals surface area contributed by atoms with Gasteiger partial charge in [-0.25, -0.2) is 14.3 Å². The minimum Gasteiger partial charge on any atom is -0.491 e. The van der Waals surface area contributed by atoms with Crippen LogP contribution in [0.25, 0.3) is 16.9 Å². The van der Waals surface area contributed by atoms with Crippen molar-refractivity contribution in [2.75, 3.05) is 14.2 Å². The highest BCUT2D eigenvalue weighted by Crippen LogP contribution is 2.30. The molecular formula is C22H22N2O5. The molecule has 1 aromatic heterocycles. The van der Waals surface area contributed by atoms with Crippen LogP contribution in [0.1, 0.15) is 34.7 Å². The molecule has 0 bridgehead atoms. The summed E-state index contributed by atoms with van der Waals surface area (Å²) in [6.07, 6.45) is 0.0368. The Balaban J connectivity index is 2.22. The van der Waals surface area contributed by atoms with Gasteiger partial charge in [0, 0.05) is 5.56 Å². The molecule has 0 fully saturated rings. The number of hydrogen-bond donors (Lipinski definition) is 0. The first-order chi connectivity index (χ1) is 14.0. The Kier molecular flexibility index (Phi) is 5.97. The van der Waals surface area contributed by atoms with E-state index in [-0.39, 0.29) is 17.4 Å². The molecule has 0 atom stereocenters. The Morgan fingerprint density at radius 3 is 2.07 bits per heavy atom. The van der Waals surface area contributed by atoms with Crippen LogP contribution >= 0.6 is 0 Å². The molecule has 0 radical (unpaired) electrons. The number of methoxy groups -OCH3 is 2. The first-order valence-corrected chi connectivity index (χ1v) is 9.08. The number of esters is 2. The van der Waals surface area contributed by atoms with Gasteiger partial charge in [-0.05, 0) is 50.2 Å². The number of nitrogens with zero attached hydrogens (tertiary/aromatic N) is 2. The average molecular weight is 394 g/mol. The zero-order valence-electron chi connectivity index (χ0n) is 16.7. The van der Waals surface area contributed by atoms with Crippen LogP contribution in [0.4, 0.5) is 0 Å². The van der Waals surface area contributed by atoms with E-state index >= 15 is 0 Å². The van der Waals surface area contributed by atoms with Crippen LogP contribution in [0.5, 0.6) is 5.75 Å². The first-order valence-electron chi connectivity index (χ1n) is 9.08. The number of hydrogen-bond acceptors (Lipinski definition) is 6. The number of benzene rings is 2. The molecule has 0 spiro atoms. The second kappa shape index (κ2) is 8.60. The van der Waals surface area contributed by atoms with Gasteiger partial charge in [-0.1, -0.05) is 18.2 Å². The van der Waals surface area contributed by atoms with Gasteiger partial charge >= 0.3 is 11.9 Å². The molecule has 3 aromatic rings. The van der Waals surface area contributed by atoms with E-state index in [0.29, 0.717) is 22.7 Å². The third-order valence-electron chi connectivity index (χ3n) is 4.15. The van der Waals surface area contributed by atoms with Crippen LogP contribution in [0.15, 0.2) is 54.6 Å². The third-order valence-corrected chi connectivity index (χ3v) is 4.15. The Labute approximate surface area is 168 Å². The summed E-state index contributed by atoms with van der Waals surface area (Å²) in [7, 11) is 2.51. The smallest absolute Gasteiger partial charge is 0.357 e. The van der Waals surface area contributed by atoms with Gasteiger partial charge in [0.25, 0.3) is 0 Å². The lowest BCUT2D eigenvalue weighted by atomic mass is 10.1. The molecule has 0 aliphatic rings. The van der Waals surface area contributed by atoms with E-state index in [2.05, 4.69) is 5.10 Å². The van der Waals surface area contributed by atoms with E-state index in [4.69, 9.17) is 14.2 Å². The Hall–Kier alpha value is -3.61. The van der Waals surface area contributed by atoms with Crippen molar-refractivity contribution in [2.45, 2.75) is 20.0 Å². The molecule has 0 N–H and O–H groups in total.